The Morgan fingerprint density at radius 2 is 2.21 bits per heavy atom. The van der Waals surface area contributed by atoms with Crippen molar-refractivity contribution < 1.29 is 9.21 Å². The average molecular weight is 330 g/mol. The molecule has 2 aromatic rings. The summed E-state index contributed by atoms with van der Waals surface area (Å²) in [6.07, 6.45) is 5.42. The van der Waals surface area contributed by atoms with Gasteiger partial charge in [-0.05, 0) is 45.8 Å². The standard InChI is InChI=1S/C18H26N4O2/c1-13-15(6-8-24-13)12-21(4)18(23)16-10-19-22-7-5-14(9-17(16)22)11-20(2)3/h6,8,10,14H,5,7,9,11-12H2,1-4H3/t14-/m1/s1. The number of aromatic nitrogens is 2. The second-order valence-electron chi connectivity index (χ2n) is 7.01. The molecular formula is C18H26N4O2. The van der Waals surface area contributed by atoms with E-state index in [2.05, 4.69) is 24.1 Å². The van der Waals surface area contributed by atoms with Gasteiger partial charge in [0.1, 0.15) is 5.76 Å². The van der Waals surface area contributed by atoms with E-state index >= 15 is 0 Å². The quantitative estimate of drug-likeness (QED) is 0.843. The van der Waals surface area contributed by atoms with E-state index in [-0.39, 0.29) is 5.91 Å². The van der Waals surface area contributed by atoms with Gasteiger partial charge in [-0.15, -0.1) is 0 Å². The SMILES string of the molecule is Cc1occc1CN(C)C(=O)c1cnn2c1C[C@H](CN(C)C)CC2. The molecule has 0 N–H and O–H groups in total. The van der Waals surface area contributed by atoms with Crippen molar-refractivity contribution in [2.45, 2.75) is 32.9 Å². The summed E-state index contributed by atoms with van der Waals surface area (Å²) in [6, 6.07) is 1.92. The van der Waals surface area contributed by atoms with E-state index in [0.29, 0.717) is 12.5 Å². The molecule has 1 aliphatic rings. The molecule has 1 aliphatic heterocycles. The van der Waals surface area contributed by atoms with Gasteiger partial charge in [-0.2, -0.15) is 5.10 Å². The Hall–Kier alpha value is -2.08. The summed E-state index contributed by atoms with van der Waals surface area (Å²) in [5.74, 6) is 1.47. The van der Waals surface area contributed by atoms with Crippen LogP contribution < -0.4 is 0 Å². The van der Waals surface area contributed by atoms with Crippen LogP contribution in [0.3, 0.4) is 0 Å². The number of carbonyl (C=O) groups is 1. The largest absolute Gasteiger partial charge is 0.469 e. The molecule has 0 spiro atoms. The molecule has 3 heterocycles. The van der Waals surface area contributed by atoms with E-state index in [1.54, 1.807) is 17.4 Å². The molecule has 1 amide bonds. The Morgan fingerprint density at radius 1 is 1.42 bits per heavy atom. The minimum absolute atomic E-state index is 0.0300. The van der Waals surface area contributed by atoms with Gasteiger partial charge in [-0.25, -0.2) is 0 Å². The van der Waals surface area contributed by atoms with Gasteiger partial charge in [0.2, 0.25) is 0 Å². The Balaban J connectivity index is 1.74. The molecule has 2 aromatic heterocycles. The fourth-order valence-corrected chi connectivity index (χ4v) is 3.46. The molecule has 1 atom stereocenters. The molecular weight excluding hydrogens is 304 g/mol. The summed E-state index contributed by atoms with van der Waals surface area (Å²) in [5.41, 5.74) is 2.85. The van der Waals surface area contributed by atoms with E-state index < -0.39 is 0 Å². The molecule has 0 bridgehead atoms. The number of furan rings is 1. The second kappa shape index (κ2) is 6.81. The summed E-state index contributed by atoms with van der Waals surface area (Å²) in [4.78, 5) is 16.8. The molecule has 0 aromatic carbocycles. The summed E-state index contributed by atoms with van der Waals surface area (Å²) in [5, 5.41) is 4.43. The predicted molar refractivity (Wildman–Crippen MR) is 91.8 cm³/mol. The van der Waals surface area contributed by atoms with Gasteiger partial charge in [-0.3, -0.25) is 9.48 Å². The van der Waals surface area contributed by atoms with E-state index in [4.69, 9.17) is 4.42 Å². The third-order valence-electron chi connectivity index (χ3n) is 4.75. The number of amides is 1. The van der Waals surface area contributed by atoms with Crippen LogP contribution >= 0.6 is 0 Å². The third-order valence-corrected chi connectivity index (χ3v) is 4.75. The lowest BCUT2D eigenvalue weighted by atomic mass is 9.94. The molecule has 0 radical (unpaired) electrons. The van der Waals surface area contributed by atoms with Crippen LogP contribution in [0, 0.1) is 12.8 Å². The van der Waals surface area contributed by atoms with Crippen LogP contribution in [0.15, 0.2) is 22.9 Å². The highest BCUT2D eigenvalue weighted by atomic mass is 16.3. The first kappa shape index (κ1) is 16.8. The topological polar surface area (TPSA) is 54.5 Å². The van der Waals surface area contributed by atoms with Crippen molar-refractivity contribution in [1.29, 1.82) is 0 Å². The average Bonchev–Trinajstić information content (AvgIpc) is 3.12. The monoisotopic (exact) mass is 330 g/mol. The van der Waals surface area contributed by atoms with Gasteiger partial charge in [0, 0.05) is 32.2 Å². The zero-order valence-electron chi connectivity index (χ0n) is 15.0. The highest BCUT2D eigenvalue weighted by Gasteiger charge is 2.27. The van der Waals surface area contributed by atoms with Crippen LogP contribution in [-0.4, -0.2) is 53.2 Å². The zero-order chi connectivity index (χ0) is 17.3. The second-order valence-corrected chi connectivity index (χ2v) is 7.01. The van der Waals surface area contributed by atoms with Crippen molar-refractivity contribution in [2.75, 3.05) is 27.7 Å². The summed E-state index contributed by atoms with van der Waals surface area (Å²) < 4.78 is 7.31. The van der Waals surface area contributed by atoms with Gasteiger partial charge < -0.3 is 14.2 Å². The fourth-order valence-electron chi connectivity index (χ4n) is 3.46. The van der Waals surface area contributed by atoms with Crippen LogP contribution in [0.2, 0.25) is 0 Å². The highest BCUT2D eigenvalue weighted by molar-refractivity contribution is 5.95. The molecule has 0 saturated heterocycles. The van der Waals surface area contributed by atoms with Crippen molar-refractivity contribution in [2.24, 2.45) is 5.92 Å². The maximum absolute atomic E-state index is 12.9. The van der Waals surface area contributed by atoms with E-state index in [1.165, 1.54) is 0 Å². The van der Waals surface area contributed by atoms with E-state index in [1.807, 2.05) is 24.7 Å². The van der Waals surface area contributed by atoms with Crippen molar-refractivity contribution in [3.63, 3.8) is 0 Å². The normalized spacial score (nSPS) is 17.1. The van der Waals surface area contributed by atoms with E-state index in [0.717, 1.165) is 48.5 Å². The lowest BCUT2D eigenvalue weighted by Gasteiger charge is -2.27. The first-order valence-electron chi connectivity index (χ1n) is 8.43. The Bertz CT molecular complexity index is 716. The number of hydrogen-bond donors (Lipinski definition) is 0. The van der Waals surface area contributed by atoms with Crippen molar-refractivity contribution >= 4 is 5.91 Å². The molecule has 0 unspecified atom stereocenters. The van der Waals surface area contributed by atoms with Gasteiger partial charge in [0.05, 0.1) is 23.7 Å². The van der Waals surface area contributed by atoms with Crippen molar-refractivity contribution in [3.8, 4) is 0 Å². The van der Waals surface area contributed by atoms with Crippen LogP contribution in [0.25, 0.3) is 0 Å². The number of hydrogen-bond acceptors (Lipinski definition) is 4. The van der Waals surface area contributed by atoms with Crippen molar-refractivity contribution in [3.05, 3.63) is 41.1 Å². The number of rotatable bonds is 5. The Morgan fingerprint density at radius 3 is 2.88 bits per heavy atom. The maximum atomic E-state index is 12.9. The summed E-state index contributed by atoms with van der Waals surface area (Å²) in [7, 11) is 6.02. The number of fused-ring (bicyclic) bond motifs is 1. The smallest absolute Gasteiger partial charge is 0.257 e. The van der Waals surface area contributed by atoms with Crippen LogP contribution in [0.4, 0.5) is 0 Å². The van der Waals surface area contributed by atoms with Gasteiger partial charge in [0.15, 0.2) is 0 Å². The molecule has 0 fully saturated rings. The number of carbonyl (C=O) groups excluding carboxylic acids is 1. The minimum Gasteiger partial charge on any atom is -0.469 e. The first-order chi connectivity index (χ1) is 11.5. The van der Waals surface area contributed by atoms with Gasteiger partial charge in [0.25, 0.3) is 5.91 Å². The Kier molecular flexibility index (Phi) is 4.76. The molecule has 0 aliphatic carbocycles. The minimum atomic E-state index is 0.0300. The first-order valence-corrected chi connectivity index (χ1v) is 8.43. The summed E-state index contributed by atoms with van der Waals surface area (Å²) in [6.45, 7) is 4.41. The lowest BCUT2D eigenvalue weighted by molar-refractivity contribution is 0.0782. The summed E-state index contributed by atoms with van der Waals surface area (Å²) >= 11 is 0. The predicted octanol–water partition coefficient (Wildman–Crippen LogP) is 2.18. The molecule has 24 heavy (non-hydrogen) atoms. The van der Waals surface area contributed by atoms with Gasteiger partial charge in [-0.1, -0.05) is 0 Å². The van der Waals surface area contributed by atoms with Crippen LogP contribution in [0.5, 0.6) is 0 Å². The molecule has 6 heteroatoms. The highest BCUT2D eigenvalue weighted by Crippen LogP contribution is 2.24. The van der Waals surface area contributed by atoms with Crippen LogP contribution in [-0.2, 0) is 19.5 Å². The number of nitrogens with zero attached hydrogens (tertiary/aromatic N) is 4. The lowest BCUT2D eigenvalue weighted by Crippen LogP contribution is -2.31. The maximum Gasteiger partial charge on any atom is 0.257 e. The van der Waals surface area contributed by atoms with E-state index in [9.17, 15) is 4.79 Å². The van der Waals surface area contributed by atoms with Gasteiger partial charge >= 0.3 is 0 Å². The molecule has 0 saturated carbocycles. The van der Waals surface area contributed by atoms with Crippen LogP contribution in [0.1, 0.15) is 33.8 Å². The Labute approximate surface area is 143 Å². The molecule has 6 nitrogen and oxygen atoms in total. The van der Waals surface area contributed by atoms with Crippen molar-refractivity contribution in [1.82, 2.24) is 19.6 Å². The number of aryl methyl sites for hydroxylation is 2. The third kappa shape index (κ3) is 3.38. The molecule has 3 rings (SSSR count). The zero-order valence-corrected chi connectivity index (χ0v) is 15.0. The fraction of sp³-hybridized carbons (Fsp3) is 0.556. The molecule has 130 valence electrons.